The molecule has 0 aromatic heterocycles. The second kappa shape index (κ2) is 12.2. The van der Waals surface area contributed by atoms with E-state index < -0.39 is 61.0 Å². The molecule has 0 spiro atoms. The van der Waals surface area contributed by atoms with E-state index in [1.165, 1.54) is 0 Å². The van der Waals surface area contributed by atoms with E-state index in [-0.39, 0.29) is 31.7 Å². The lowest BCUT2D eigenvalue weighted by Crippen LogP contribution is -2.20. The molecule has 1 saturated carbocycles. The predicted molar refractivity (Wildman–Crippen MR) is 98.1 cm³/mol. The lowest BCUT2D eigenvalue weighted by atomic mass is 9.89. The fourth-order valence-electron chi connectivity index (χ4n) is 2.51. The number of carboxylic acids is 1. The highest BCUT2D eigenvalue weighted by Crippen LogP contribution is 2.36. The number of hydrogen-bond donors (Lipinski definition) is 4. The van der Waals surface area contributed by atoms with Crippen molar-refractivity contribution in [2.75, 3.05) is 0 Å². The minimum atomic E-state index is -2.74. The van der Waals surface area contributed by atoms with Crippen LogP contribution < -0.4 is 0 Å². The van der Waals surface area contributed by atoms with Gasteiger partial charge in [0.15, 0.2) is 0 Å². The average Bonchev–Trinajstić information content (AvgIpc) is 2.78. The van der Waals surface area contributed by atoms with Gasteiger partial charge in [0.25, 0.3) is 0 Å². The van der Waals surface area contributed by atoms with Crippen LogP contribution in [0.25, 0.3) is 0 Å². The quantitative estimate of drug-likeness (QED) is 0.313. The number of rotatable bonds is 12. The molecule has 0 aliphatic heterocycles. The molecule has 0 aromatic carbocycles. The van der Waals surface area contributed by atoms with Crippen molar-refractivity contribution >= 4 is 5.97 Å². The molecule has 0 unspecified atom stereocenters. The Hall–Kier alpha value is -1.17. The van der Waals surface area contributed by atoms with Gasteiger partial charge < -0.3 is 20.4 Å². The average molecular weight is 369 g/mol. The van der Waals surface area contributed by atoms with Crippen LogP contribution >= 0.6 is 0 Å². The standard InChI is InChI=1S/C20H34O5/c1-2-3-6-9-15(21)12-13-17-16(18(22)14-19(17)23)10-7-4-5-8-11-20(24)25/h4,7,12-13,15-19,21-23H,2-3,5-6,8-11,14H2,1H3,(H,24,25)/b7-4-,13-12+/t15-,16+,17+,18-,19+/m0/s1/i4T,7T,12T,15T,16T,17T,19T. The largest absolute Gasteiger partial charge is 0.481 e. The molecule has 5 heteroatoms. The smallest absolute Gasteiger partial charge is 0.303 e. The van der Waals surface area contributed by atoms with Crippen LogP contribution in [0.4, 0.5) is 0 Å². The van der Waals surface area contributed by atoms with Crippen molar-refractivity contribution in [1.29, 1.82) is 0 Å². The van der Waals surface area contributed by atoms with Crippen LogP contribution in [0, 0.1) is 11.8 Å². The second-order valence-electron chi connectivity index (χ2n) is 6.08. The van der Waals surface area contributed by atoms with Crippen molar-refractivity contribution in [1.82, 2.24) is 0 Å². The number of aliphatic hydroxyl groups is 3. The summed E-state index contributed by atoms with van der Waals surface area (Å²) in [5, 5.41) is 40.0. The maximum atomic E-state index is 10.6. The summed E-state index contributed by atoms with van der Waals surface area (Å²) < 4.78 is 57.7. The van der Waals surface area contributed by atoms with Gasteiger partial charge >= 0.3 is 5.97 Å². The third-order valence-corrected chi connectivity index (χ3v) is 3.94. The normalized spacial score (nSPS) is 43.4. The number of aliphatic hydroxyl groups excluding tert-OH is 1. The monoisotopic (exact) mass is 368 g/mol. The molecule has 1 aliphatic rings. The summed E-state index contributed by atoms with van der Waals surface area (Å²) >= 11 is 0. The zero-order valence-corrected chi connectivity index (χ0v) is 14.7. The SMILES string of the molecule is [3H]/C(CCCC(=O)O)=C(\[3H])C[C@@]1([3H])[C@@H](O)C[C@@]([3H])(O)[C@]1([3H])/C=C(\[3H])[C@@]([3H])(O)CCCCC. The number of carbonyl (C=O) groups is 1. The van der Waals surface area contributed by atoms with E-state index >= 15 is 0 Å². The molecule has 0 radical (unpaired) electrons. The van der Waals surface area contributed by atoms with Crippen molar-refractivity contribution < 1.29 is 34.8 Å². The van der Waals surface area contributed by atoms with Gasteiger partial charge in [-0.05, 0) is 31.6 Å². The van der Waals surface area contributed by atoms with Gasteiger partial charge in [-0.2, -0.15) is 0 Å². The fraction of sp³-hybridized carbons (Fsp3) is 0.750. The molecule has 0 amide bonds. The Bertz CT molecular complexity index is 740. The summed E-state index contributed by atoms with van der Waals surface area (Å²) in [6.45, 7) is 1.92. The molecule has 0 aromatic rings. The van der Waals surface area contributed by atoms with Crippen molar-refractivity contribution in [3.05, 3.63) is 24.2 Å². The topological polar surface area (TPSA) is 98.0 Å². The maximum Gasteiger partial charge on any atom is 0.303 e. The Labute approximate surface area is 160 Å². The second-order valence-corrected chi connectivity index (χ2v) is 6.08. The summed E-state index contributed by atoms with van der Waals surface area (Å²) in [5.74, 6) is -6.15. The van der Waals surface area contributed by atoms with Gasteiger partial charge in [-0.15, -0.1) is 0 Å². The first-order valence-electron chi connectivity index (χ1n) is 12.2. The number of carboxylic acid groups (broad SMARTS) is 1. The number of hydrogen-bond acceptors (Lipinski definition) is 4. The highest BCUT2D eigenvalue weighted by molar-refractivity contribution is 5.66. The van der Waals surface area contributed by atoms with Crippen LogP contribution in [0.5, 0.6) is 0 Å². The first-order chi connectivity index (χ1) is 14.5. The molecule has 0 saturated heterocycles. The van der Waals surface area contributed by atoms with Gasteiger partial charge in [0, 0.05) is 21.5 Å². The van der Waals surface area contributed by atoms with Crippen LogP contribution in [0.1, 0.15) is 74.3 Å². The van der Waals surface area contributed by atoms with Crippen LogP contribution in [-0.4, -0.2) is 44.7 Å². The summed E-state index contributed by atoms with van der Waals surface area (Å²) in [5.41, 5.74) is 0. The third kappa shape index (κ3) is 8.66. The lowest BCUT2D eigenvalue weighted by molar-refractivity contribution is -0.137. The number of allylic oxidation sites excluding steroid dienone is 2. The van der Waals surface area contributed by atoms with Gasteiger partial charge in [-0.25, -0.2) is 0 Å². The van der Waals surface area contributed by atoms with Crippen LogP contribution in [0.2, 0.25) is 0 Å². The first kappa shape index (κ1) is 13.1. The molecule has 5 atom stereocenters. The van der Waals surface area contributed by atoms with E-state index in [2.05, 4.69) is 0 Å². The van der Waals surface area contributed by atoms with E-state index in [0.29, 0.717) is 18.9 Å². The molecule has 4 N–H and O–H groups in total. The van der Waals surface area contributed by atoms with Crippen molar-refractivity contribution in [2.24, 2.45) is 11.8 Å². The minimum absolute atomic E-state index is 0.0725. The van der Waals surface area contributed by atoms with Crippen LogP contribution in [0.15, 0.2) is 24.2 Å². The first-order valence-corrected chi connectivity index (χ1v) is 8.74. The van der Waals surface area contributed by atoms with E-state index in [1.54, 1.807) is 0 Å². The predicted octanol–water partition coefficient (Wildman–Crippen LogP) is 3.04. The van der Waals surface area contributed by atoms with Gasteiger partial charge in [0.05, 0.1) is 25.1 Å². The molecule has 144 valence electrons. The molecular weight excluding hydrogens is 320 g/mol. The number of unbranched alkanes of at least 4 members (excludes halogenated alkanes) is 2. The highest BCUT2D eigenvalue weighted by Gasteiger charge is 2.39. The summed E-state index contributed by atoms with van der Waals surface area (Å²) in [6, 6.07) is -1.54. The van der Waals surface area contributed by atoms with Gasteiger partial charge in [0.2, 0.25) is 0 Å². The van der Waals surface area contributed by atoms with Crippen LogP contribution in [-0.2, 0) is 4.79 Å². The van der Waals surface area contributed by atoms with Crippen LogP contribution in [0.3, 0.4) is 0 Å². The Balaban J connectivity index is 3.29. The third-order valence-electron chi connectivity index (χ3n) is 3.94. The fourth-order valence-corrected chi connectivity index (χ4v) is 2.51. The van der Waals surface area contributed by atoms with Crippen molar-refractivity contribution in [3.8, 4) is 0 Å². The van der Waals surface area contributed by atoms with Crippen molar-refractivity contribution in [2.45, 2.75) is 83.0 Å². The zero-order chi connectivity index (χ0) is 25.0. The Morgan fingerprint density at radius 1 is 1.36 bits per heavy atom. The molecule has 0 bridgehead atoms. The van der Waals surface area contributed by atoms with Gasteiger partial charge in [-0.3, -0.25) is 4.79 Å². The Kier molecular flexibility index (Phi) is 6.39. The lowest BCUT2D eigenvalue weighted by Gasteiger charge is -2.19. The van der Waals surface area contributed by atoms with E-state index in [1.807, 2.05) is 6.92 Å². The summed E-state index contributed by atoms with van der Waals surface area (Å²) in [7, 11) is 0. The van der Waals surface area contributed by atoms with E-state index in [4.69, 9.17) is 14.7 Å². The van der Waals surface area contributed by atoms with E-state index in [0.717, 1.165) is 6.42 Å². The molecule has 1 rings (SSSR count). The van der Waals surface area contributed by atoms with Crippen molar-refractivity contribution in [3.63, 3.8) is 0 Å². The summed E-state index contributed by atoms with van der Waals surface area (Å²) in [4.78, 5) is 10.6. The molecular formula is C20H34O5. The number of aliphatic carboxylic acids is 1. The molecule has 0 heterocycles. The highest BCUT2D eigenvalue weighted by atomic mass is 16.4. The van der Waals surface area contributed by atoms with E-state index in [9.17, 15) is 20.1 Å². The Morgan fingerprint density at radius 3 is 2.80 bits per heavy atom. The Morgan fingerprint density at radius 2 is 2.12 bits per heavy atom. The van der Waals surface area contributed by atoms with Gasteiger partial charge in [-0.1, -0.05) is 50.4 Å². The zero-order valence-electron chi connectivity index (χ0n) is 21.7. The minimum Gasteiger partial charge on any atom is -0.481 e. The molecule has 1 fully saturated rings. The molecule has 25 heavy (non-hydrogen) atoms. The maximum absolute atomic E-state index is 10.6. The molecule has 5 nitrogen and oxygen atoms in total. The van der Waals surface area contributed by atoms with Gasteiger partial charge in [0.1, 0.15) is 0 Å². The summed E-state index contributed by atoms with van der Waals surface area (Å²) in [6.07, 6.45) is -6.10. The molecule has 1 aliphatic carbocycles.